The fraction of sp³-hybridized carbons (Fsp3) is 0.778. The van der Waals surface area contributed by atoms with E-state index in [1.165, 1.54) is 0 Å². The van der Waals surface area contributed by atoms with Crippen LogP contribution in [0.2, 0.25) is 0 Å². The van der Waals surface area contributed by atoms with Gasteiger partial charge in [0.05, 0.1) is 0 Å². The molecular weight excluding hydrogens is 182 g/mol. The zero-order chi connectivity index (χ0) is 10.6. The molecule has 0 bridgehead atoms. The SMILES string of the molecule is COC(C)c1noc(C(C)CCN)n1. The van der Waals surface area contributed by atoms with Gasteiger partial charge < -0.3 is 15.0 Å². The van der Waals surface area contributed by atoms with Crippen molar-refractivity contribution < 1.29 is 9.26 Å². The first-order chi connectivity index (χ1) is 6.69. The number of nitrogens with two attached hydrogens (primary N) is 1. The van der Waals surface area contributed by atoms with E-state index in [4.69, 9.17) is 15.0 Å². The summed E-state index contributed by atoms with van der Waals surface area (Å²) in [6, 6.07) is 0. The molecule has 5 nitrogen and oxygen atoms in total. The summed E-state index contributed by atoms with van der Waals surface area (Å²) in [6.45, 7) is 4.52. The molecule has 5 heteroatoms. The minimum Gasteiger partial charge on any atom is -0.374 e. The number of methoxy groups -OCH3 is 1. The lowest BCUT2D eigenvalue weighted by Crippen LogP contribution is -2.05. The molecule has 0 radical (unpaired) electrons. The van der Waals surface area contributed by atoms with Gasteiger partial charge >= 0.3 is 0 Å². The Kier molecular flexibility index (Phi) is 4.03. The Morgan fingerprint density at radius 1 is 1.50 bits per heavy atom. The van der Waals surface area contributed by atoms with Crippen LogP contribution < -0.4 is 5.73 Å². The maximum absolute atomic E-state index is 5.45. The zero-order valence-electron chi connectivity index (χ0n) is 8.86. The lowest BCUT2D eigenvalue weighted by molar-refractivity contribution is 0.109. The van der Waals surface area contributed by atoms with Crippen LogP contribution in [0.3, 0.4) is 0 Å². The van der Waals surface area contributed by atoms with Crippen molar-refractivity contribution in [2.24, 2.45) is 5.73 Å². The highest BCUT2D eigenvalue weighted by atomic mass is 16.5. The molecule has 2 N–H and O–H groups in total. The Labute approximate surface area is 83.6 Å². The summed E-state index contributed by atoms with van der Waals surface area (Å²) in [6.07, 6.45) is 0.723. The molecule has 0 saturated carbocycles. The van der Waals surface area contributed by atoms with Crippen molar-refractivity contribution in [1.82, 2.24) is 10.1 Å². The first kappa shape index (κ1) is 11.1. The van der Waals surface area contributed by atoms with E-state index in [9.17, 15) is 0 Å². The Balaban J connectivity index is 2.67. The molecule has 1 aromatic heterocycles. The van der Waals surface area contributed by atoms with Crippen molar-refractivity contribution in [1.29, 1.82) is 0 Å². The highest BCUT2D eigenvalue weighted by molar-refractivity contribution is 4.94. The van der Waals surface area contributed by atoms with Crippen LogP contribution in [0.5, 0.6) is 0 Å². The van der Waals surface area contributed by atoms with E-state index in [1.807, 2.05) is 13.8 Å². The van der Waals surface area contributed by atoms with Crippen LogP contribution in [-0.2, 0) is 4.74 Å². The average molecular weight is 199 g/mol. The minimum atomic E-state index is -0.127. The Hall–Kier alpha value is -0.940. The Morgan fingerprint density at radius 2 is 2.21 bits per heavy atom. The lowest BCUT2D eigenvalue weighted by atomic mass is 10.1. The molecule has 2 atom stereocenters. The molecule has 0 aliphatic rings. The molecule has 80 valence electrons. The molecular formula is C9H17N3O2. The standard InChI is InChI=1S/C9H17N3O2/c1-6(4-5-10)9-11-8(12-14-9)7(2)13-3/h6-7H,4-5,10H2,1-3H3. The molecule has 0 spiro atoms. The van der Waals surface area contributed by atoms with E-state index in [0.29, 0.717) is 18.3 Å². The quantitative estimate of drug-likeness (QED) is 0.772. The van der Waals surface area contributed by atoms with Crippen molar-refractivity contribution in [2.45, 2.75) is 32.3 Å². The fourth-order valence-corrected chi connectivity index (χ4v) is 1.09. The van der Waals surface area contributed by atoms with Crippen LogP contribution >= 0.6 is 0 Å². The summed E-state index contributed by atoms with van der Waals surface area (Å²) in [7, 11) is 1.62. The van der Waals surface area contributed by atoms with Gasteiger partial charge in [-0.25, -0.2) is 0 Å². The van der Waals surface area contributed by atoms with Crippen LogP contribution in [0.4, 0.5) is 0 Å². The van der Waals surface area contributed by atoms with Crippen molar-refractivity contribution in [3.63, 3.8) is 0 Å². The zero-order valence-corrected chi connectivity index (χ0v) is 8.86. The van der Waals surface area contributed by atoms with E-state index in [0.717, 1.165) is 6.42 Å². The van der Waals surface area contributed by atoms with Crippen LogP contribution in [-0.4, -0.2) is 23.8 Å². The van der Waals surface area contributed by atoms with Gasteiger partial charge in [0.15, 0.2) is 5.82 Å². The molecule has 14 heavy (non-hydrogen) atoms. The molecule has 0 amide bonds. The molecule has 0 aliphatic heterocycles. The summed E-state index contributed by atoms with van der Waals surface area (Å²) < 4.78 is 10.2. The van der Waals surface area contributed by atoms with Crippen LogP contribution in [0.1, 0.15) is 44.0 Å². The van der Waals surface area contributed by atoms with Gasteiger partial charge in [-0.05, 0) is 19.9 Å². The highest BCUT2D eigenvalue weighted by Crippen LogP contribution is 2.19. The van der Waals surface area contributed by atoms with E-state index in [1.54, 1.807) is 7.11 Å². The third-order valence-corrected chi connectivity index (χ3v) is 2.20. The van der Waals surface area contributed by atoms with E-state index in [2.05, 4.69) is 10.1 Å². The van der Waals surface area contributed by atoms with Gasteiger partial charge in [0.1, 0.15) is 6.10 Å². The van der Waals surface area contributed by atoms with Gasteiger partial charge in [-0.3, -0.25) is 0 Å². The van der Waals surface area contributed by atoms with Crippen molar-refractivity contribution in [3.05, 3.63) is 11.7 Å². The molecule has 0 aliphatic carbocycles. The maximum Gasteiger partial charge on any atom is 0.229 e. The first-order valence-corrected chi connectivity index (χ1v) is 4.75. The maximum atomic E-state index is 5.45. The number of aromatic nitrogens is 2. The monoisotopic (exact) mass is 199 g/mol. The topological polar surface area (TPSA) is 74.2 Å². The second-order valence-electron chi connectivity index (χ2n) is 3.35. The summed E-state index contributed by atoms with van der Waals surface area (Å²) in [5.41, 5.74) is 5.45. The first-order valence-electron chi connectivity index (χ1n) is 4.75. The van der Waals surface area contributed by atoms with Crippen LogP contribution in [0, 0.1) is 0 Å². The Bertz CT molecular complexity index is 275. The summed E-state index contributed by atoms with van der Waals surface area (Å²) in [5, 5.41) is 3.84. The smallest absolute Gasteiger partial charge is 0.229 e. The van der Waals surface area contributed by atoms with Gasteiger partial charge in [0, 0.05) is 13.0 Å². The number of nitrogens with zero attached hydrogens (tertiary/aromatic N) is 2. The van der Waals surface area contributed by atoms with E-state index in [-0.39, 0.29) is 12.0 Å². The third kappa shape index (κ3) is 2.52. The van der Waals surface area contributed by atoms with Crippen LogP contribution in [0.25, 0.3) is 0 Å². The number of hydrogen-bond donors (Lipinski definition) is 1. The summed E-state index contributed by atoms with van der Waals surface area (Å²) in [5.74, 6) is 1.44. The predicted molar refractivity (Wildman–Crippen MR) is 51.8 cm³/mol. The summed E-state index contributed by atoms with van der Waals surface area (Å²) >= 11 is 0. The van der Waals surface area contributed by atoms with Gasteiger partial charge in [-0.1, -0.05) is 12.1 Å². The summed E-state index contributed by atoms with van der Waals surface area (Å²) in [4.78, 5) is 4.24. The van der Waals surface area contributed by atoms with Gasteiger partial charge in [0.2, 0.25) is 5.89 Å². The molecule has 2 unspecified atom stereocenters. The number of hydrogen-bond acceptors (Lipinski definition) is 5. The Morgan fingerprint density at radius 3 is 2.79 bits per heavy atom. The second kappa shape index (κ2) is 5.07. The van der Waals surface area contributed by atoms with Crippen LogP contribution in [0.15, 0.2) is 4.52 Å². The largest absolute Gasteiger partial charge is 0.374 e. The molecule has 1 rings (SSSR count). The van der Waals surface area contributed by atoms with Crippen molar-refractivity contribution in [2.75, 3.05) is 13.7 Å². The second-order valence-corrected chi connectivity index (χ2v) is 3.35. The van der Waals surface area contributed by atoms with Crippen molar-refractivity contribution in [3.8, 4) is 0 Å². The average Bonchev–Trinajstić information content (AvgIpc) is 2.66. The number of ether oxygens (including phenoxy) is 1. The predicted octanol–water partition coefficient (Wildman–Crippen LogP) is 1.23. The lowest BCUT2D eigenvalue weighted by Gasteiger charge is -2.03. The van der Waals surface area contributed by atoms with E-state index < -0.39 is 0 Å². The number of rotatable bonds is 5. The molecule has 0 saturated heterocycles. The van der Waals surface area contributed by atoms with Gasteiger partial charge in [-0.15, -0.1) is 0 Å². The van der Waals surface area contributed by atoms with E-state index >= 15 is 0 Å². The van der Waals surface area contributed by atoms with Gasteiger partial charge in [0.25, 0.3) is 0 Å². The molecule has 1 heterocycles. The van der Waals surface area contributed by atoms with Crippen molar-refractivity contribution >= 4 is 0 Å². The highest BCUT2D eigenvalue weighted by Gasteiger charge is 2.16. The normalized spacial score (nSPS) is 15.4. The molecule has 0 fully saturated rings. The minimum absolute atomic E-state index is 0.127. The third-order valence-electron chi connectivity index (χ3n) is 2.20. The molecule has 0 aromatic carbocycles. The van der Waals surface area contributed by atoms with Gasteiger partial charge in [-0.2, -0.15) is 4.98 Å². The fourth-order valence-electron chi connectivity index (χ4n) is 1.09. The molecule has 1 aromatic rings.